The molecule has 1 aromatic rings. The molecule has 0 aliphatic heterocycles. The van der Waals surface area contributed by atoms with E-state index in [0.29, 0.717) is 17.9 Å². The van der Waals surface area contributed by atoms with Gasteiger partial charge in [-0.25, -0.2) is 0 Å². The van der Waals surface area contributed by atoms with Gasteiger partial charge < -0.3 is 9.47 Å². The summed E-state index contributed by atoms with van der Waals surface area (Å²) in [4.78, 5) is 0. The quantitative estimate of drug-likeness (QED) is 0.785. The minimum Gasteiger partial charge on any atom is -0.496 e. The number of nitrogens with zero attached hydrogens (tertiary/aromatic N) is 1. The zero-order valence-electron chi connectivity index (χ0n) is 10.2. The van der Waals surface area contributed by atoms with Gasteiger partial charge in [0.15, 0.2) is 0 Å². The zero-order valence-corrected chi connectivity index (χ0v) is 10.2. The third-order valence-electron chi connectivity index (χ3n) is 2.08. The lowest BCUT2D eigenvalue weighted by Gasteiger charge is -2.20. The van der Waals surface area contributed by atoms with E-state index in [4.69, 9.17) is 14.7 Å². The minimum absolute atomic E-state index is 0.182. The van der Waals surface area contributed by atoms with Crippen molar-refractivity contribution in [2.24, 2.45) is 0 Å². The topological polar surface area (TPSA) is 42.2 Å². The second-order valence-corrected chi connectivity index (χ2v) is 4.54. The summed E-state index contributed by atoms with van der Waals surface area (Å²) in [6.45, 7) is 6.49. The Balaban J connectivity index is 2.85. The van der Waals surface area contributed by atoms with Crippen LogP contribution in [0.25, 0.3) is 0 Å². The van der Waals surface area contributed by atoms with E-state index in [1.807, 2.05) is 26.8 Å². The van der Waals surface area contributed by atoms with Crippen molar-refractivity contribution in [1.29, 1.82) is 5.26 Å². The SMILES string of the molecule is COc1cc(C#N)ccc1COC(C)(C)C. The van der Waals surface area contributed by atoms with Crippen molar-refractivity contribution in [3.63, 3.8) is 0 Å². The maximum absolute atomic E-state index is 8.77. The molecule has 86 valence electrons. The molecule has 0 radical (unpaired) electrons. The highest BCUT2D eigenvalue weighted by molar-refractivity contribution is 5.42. The van der Waals surface area contributed by atoms with Gasteiger partial charge in [-0.05, 0) is 32.9 Å². The average molecular weight is 219 g/mol. The van der Waals surface area contributed by atoms with Crippen molar-refractivity contribution in [2.45, 2.75) is 33.0 Å². The monoisotopic (exact) mass is 219 g/mol. The lowest BCUT2D eigenvalue weighted by atomic mass is 10.1. The standard InChI is InChI=1S/C13H17NO2/c1-13(2,3)16-9-11-6-5-10(8-14)7-12(11)15-4/h5-7H,9H2,1-4H3. The van der Waals surface area contributed by atoms with Gasteiger partial charge in [0.05, 0.1) is 31.0 Å². The molecule has 0 aliphatic carbocycles. The Kier molecular flexibility index (Phi) is 3.92. The molecule has 0 heterocycles. The summed E-state index contributed by atoms with van der Waals surface area (Å²) in [5.41, 5.74) is 1.37. The fourth-order valence-corrected chi connectivity index (χ4v) is 1.23. The van der Waals surface area contributed by atoms with E-state index < -0.39 is 0 Å². The number of hydrogen-bond donors (Lipinski definition) is 0. The van der Waals surface area contributed by atoms with Crippen LogP contribution in [-0.2, 0) is 11.3 Å². The molecule has 0 saturated heterocycles. The minimum atomic E-state index is -0.182. The summed E-state index contributed by atoms with van der Waals surface area (Å²) in [7, 11) is 1.59. The highest BCUT2D eigenvalue weighted by Crippen LogP contribution is 2.22. The third kappa shape index (κ3) is 3.56. The van der Waals surface area contributed by atoms with Crippen LogP contribution in [-0.4, -0.2) is 12.7 Å². The van der Waals surface area contributed by atoms with Gasteiger partial charge in [-0.3, -0.25) is 0 Å². The fraction of sp³-hybridized carbons (Fsp3) is 0.462. The van der Waals surface area contributed by atoms with Crippen LogP contribution >= 0.6 is 0 Å². The van der Waals surface area contributed by atoms with E-state index in [-0.39, 0.29) is 5.60 Å². The molecule has 0 fully saturated rings. The smallest absolute Gasteiger partial charge is 0.125 e. The first-order valence-corrected chi connectivity index (χ1v) is 5.17. The summed E-state index contributed by atoms with van der Waals surface area (Å²) in [6.07, 6.45) is 0. The molecule has 0 bridgehead atoms. The molecule has 3 heteroatoms. The molecular formula is C13H17NO2. The Bertz CT molecular complexity index is 399. The Morgan fingerprint density at radius 2 is 2.00 bits per heavy atom. The first kappa shape index (κ1) is 12.5. The molecule has 1 aromatic carbocycles. The maximum Gasteiger partial charge on any atom is 0.125 e. The van der Waals surface area contributed by atoms with E-state index in [2.05, 4.69) is 6.07 Å². The van der Waals surface area contributed by atoms with Crippen LogP contribution in [0, 0.1) is 11.3 Å². The largest absolute Gasteiger partial charge is 0.496 e. The Hall–Kier alpha value is -1.53. The number of methoxy groups -OCH3 is 1. The normalized spacial score (nSPS) is 10.9. The predicted octanol–water partition coefficient (Wildman–Crippen LogP) is 2.88. The molecule has 0 aromatic heterocycles. The molecule has 0 unspecified atom stereocenters. The number of nitriles is 1. The van der Waals surface area contributed by atoms with E-state index in [9.17, 15) is 0 Å². The molecule has 0 spiro atoms. The van der Waals surface area contributed by atoms with Crippen molar-refractivity contribution < 1.29 is 9.47 Å². The van der Waals surface area contributed by atoms with Gasteiger partial charge >= 0.3 is 0 Å². The van der Waals surface area contributed by atoms with Gasteiger partial charge in [0.2, 0.25) is 0 Å². The zero-order chi connectivity index (χ0) is 12.2. The second-order valence-electron chi connectivity index (χ2n) is 4.54. The summed E-state index contributed by atoms with van der Waals surface area (Å²) >= 11 is 0. The van der Waals surface area contributed by atoms with E-state index >= 15 is 0 Å². The number of ether oxygens (including phenoxy) is 2. The number of hydrogen-bond acceptors (Lipinski definition) is 3. The van der Waals surface area contributed by atoms with Crippen molar-refractivity contribution in [1.82, 2.24) is 0 Å². The molecule has 0 N–H and O–H groups in total. The molecular weight excluding hydrogens is 202 g/mol. The highest BCUT2D eigenvalue weighted by Gasteiger charge is 2.12. The van der Waals surface area contributed by atoms with Crippen LogP contribution in [0.5, 0.6) is 5.75 Å². The lowest BCUT2D eigenvalue weighted by molar-refractivity contribution is -0.0156. The molecule has 0 aliphatic rings. The van der Waals surface area contributed by atoms with Crippen LogP contribution in [0.2, 0.25) is 0 Å². The van der Waals surface area contributed by atoms with Crippen molar-refractivity contribution >= 4 is 0 Å². The second kappa shape index (κ2) is 5.00. The maximum atomic E-state index is 8.77. The van der Waals surface area contributed by atoms with E-state index in [0.717, 1.165) is 5.56 Å². The Morgan fingerprint density at radius 1 is 1.31 bits per heavy atom. The molecule has 0 amide bonds. The summed E-state index contributed by atoms with van der Waals surface area (Å²) < 4.78 is 10.9. The summed E-state index contributed by atoms with van der Waals surface area (Å²) in [5.74, 6) is 0.697. The molecule has 16 heavy (non-hydrogen) atoms. The van der Waals surface area contributed by atoms with Gasteiger partial charge in [-0.2, -0.15) is 5.26 Å². The van der Waals surface area contributed by atoms with Crippen LogP contribution in [0.1, 0.15) is 31.9 Å². The Morgan fingerprint density at radius 3 is 2.50 bits per heavy atom. The summed E-state index contributed by atoms with van der Waals surface area (Å²) in [6, 6.07) is 7.44. The van der Waals surface area contributed by atoms with Gasteiger partial charge in [0, 0.05) is 5.56 Å². The van der Waals surface area contributed by atoms with Crippen molar-refractivity contribution in [3.8, 4) is 11.8 Å². The van der Waals surface area contributed by atoms with Gasteiger partial charge in [0.1, 0.15) is 5.75 Å². The van der Waals surface area contributed by atoms with Crippen molar-refractivity contribution in [3.05, 3.63) is 29.3 Å². The Labute approximate surface area is 96.6 Å². The third-order valence-corrected chi connectivity index (χ3v) is 2.08. The predicted molar refractivity (Wildman–Crippen MR) is 62.3 cm³/mol. The number of benzene rings is 1. The van der Waals surface area contributed by atoms with Crippen LogP contribution in [0.3, 0.4) is 0 Å². The summed E-state index contributed by atoms with van der Waals surface area (Å²) in [5, 5.41) is 8.77. The molecule has 3 nitrogen and oxygen atoms in total. The molecule has 1 rings (SSSR count). The number of rotatable bonds is 3. The van der Waals surface area contributed by atoms with Crippen molar-refractivity contribution in [2.75, 3.05) is 7.11 Å². The van der Waals surface area contributed by atoms with Crippen LogP contribution in [0.4, 0.5) is 0 Å². The van der Waals surface area contributed by atoms with Crippen LogP contribution < -0.4 is 4.74 Å². The van der Waals surface area contributed by atoms with Gasteiger partial charge in [-0.15, -0.1) is 0 Å². The van der Waals surface area contributed by atoms with Gasteiger partial charge in [0.25, 0.3) is 0 Å². The first-order chi connectivity index (χ1) is 7.46. The van der Waals surface area contributed by atoms with E-state index in [1.54, 1.807) is 19.2 Å². The molecule has 0 saturated carbocycles. The highest BCUT2D eigenvalue weighted by atomic mass is 16.5. The molecule has 0 atom stereocenters. The first-order valence-electron chi connectivity index (χ1n) is 5.17. The van der Waals surface area contributed by atoms with Gasteiger partial charge in [-0.1, -0.05) is 6.07 Å². The van der Waals surface area contributed by atoms with E-state index in [1.165, 1.54) is 0 Å². The lowest BCUT2D eigenvalue weighted by Crippen LogP contribution is -2.18. The van der Waals surface area contributed by atoms with Crippen LogP contribution in [0.15, 0.2) is 18.2 Å². The fourth-order valence-electron chi connectivity index (χ4n) is 1.23. The average Bonchev–Trinajstić information content (AvgIpc) is 2.25.